The van der Waals surface area contributed by atoms with Crippen molar-refractivity contribution >= 4 is 5.91 Å². The second-order valence-corrected chi connectivity index (χ2v) is 4.14. The van der Waals surface area contributed by atoms with E-state index in [9.17, 15) is 18.0 Å². The molecule has 0 aromatic heterocycles. The smallest absolute Gasteiger partial charge is 0.366 e. The van der Waals surface area contributed by atoms with Gasteiger partial charge in [0.25, 0.3) is 0 Å². The first-order valence-electron chi connectivity index (χ1n) is 5.49. The van der Waals surface area contributed by atoms with Crippen molar-refractivity contribution in [2.45, 2.75) is 18.7 Å². The summed E-state index contributed by atoms with van der Waals surface area (Å²) < 4.78 is 42.8. The monoisotopic (exact) mass is 259 g/mol. The second kappa shape index (κ2) is 4.97. The average Bonchev–Trinajstić information content (AvgIpc) is 2.31. The van der Waals surface area contributed by atoms with Crippen LogP contribution in [-0.2, 0) is 22.1 Å². The van der Waals surface area contributed by atoms with Gasteiger partial charge < -0.3 is 10.1 Å². The highest BCUT2D eigenvalue weighted by Gasteiger charge is 2.30. The number of carbonyl (C=O) groups excluding carboxylic acids is 1. The van der Waals surface area contributed by atoms with Crippen molar-refractivity contribution in [3.05, 3.63) is 35.4 Å². The molecule has 18 heavy (non-hydrogen) atoms. The zero-order chi connectivity index (χ0) is 13.2. The number of amides is 1. The van der Waals surface area contributed by atoms with Crippen molar-refractivity contribution in [3.8, 4) is 0 Å². The number of ether oxygens (including phenoxy) is 1. The Balaban J connectivity index is 2.03. The summed E-state index contributed by atoms with van der Waals surface area (Å²) in [4.78, 5) is 10.9. The minimum Gasteiger partial charge on any atom is -0.366 e. The third kappa shape index (κ3) is 3.22. The van der Waals surface area contributed by atoms with Gasteiger partial charge in [-0.1, -0.05) is 18.2 Å². The first-order chi connectivity index (χ1) is 8.45. The van der Waals surface area contributed by atoms with E-state index >= 15 is 0 Å². The van der Waals surface area contributed by atoms with Crippen LogP contribution in [0.2, 0.25) is 0 Å². The summed E-state index contributed by atoms with van der Waals surface area (Å²) in [5.41, 5.74) is -0.120. The minimum atomic E-state index is -4.34. The Morgan fingerprint density at radius 1 is 1.39 bits per heavy atom. The lowest BCUT2D eigenvalue weighted by molar-refractivity contribution is -0.137. The molecule has 1 atom stereocenters. The molecule has 1 aromatic rings. The maximum atomic E-state index is 12.5. The fourth-order valence-corrected chi connectivity index (χ4v) is 1.80. The Hall–Kier alpha value is -1.56. The highest BCUT2D eigenvalue weighted by atomic mass is 19.4. The molecule has 0 aliphatic carbocycles. The summed E-state index contributed by atoms with van der Waals surface area (Å²) in [6, 6.07) is 5.14. The highest BCUT2D eigenvalue weighted by Crippen LogP contribution is 2.29. The second-order valence-electron chi connectivity index (χ2n) is 4.14. The molecular formula is C12H12F3NO2. The number of carbonyl (C=O) groups is 1. The van der Waals surface area contributed by atoms with Crippen LogP contribution in [0.5, 0.6) is 0 Å². The molecule has 0 bridgehead atoms. The Morgan fingerprint density at radius 2 is 2.17 bits per heavy atom. The number of benzene rings is 1. The summed E-state index contributed by atoms with van der Waals surface area (Å²) in [6.07, 6.45) is -4.26. The van der Waals surface area contributed by atoms with Gasteiger partial charge in [-0.25, -0.2) is 0 Å². The molecule has 1 heterocycles. The van der Waals surface area contributed by atoms with Gasteiger partial charge >= 0.3 is 6.18 Å². The highest BCUT2D eigenvalue weighted by molar-refractivity contribution is 5.77. The average molecular weight is 259 g/mol. The Labute approximate surface area is 102 Å². The van der Waals surface area contributed by atoms with E-state index in [1.807, 2.05) is 0 Å². The lowest BCUT2D eigenvalue weighted by atomic mass is 10.0. The van der Waals surface area contributed by atoms with Crippen molar-refractivity contribution < 1.29 is 22.7 Å². The summed E-state index contributed by atoms with van der Waals surface area (Å²) in [7, 11) is 0. The van der Waals surface area contributed by atoms with Crippen LogP contribution < -0.4 is 5.32 Å². The number of nitrogens with one attached hydrogen (secondary N) is 1. The molecule has 1 aromatic carbocycles. The zero-order valence-corrected chi connectivity index (χ0v) is 9.46. The Kier molecular flexibility index (Phi) is 3.56. The van der Waals surface area contributed by atoms with Crippen LogP contribution in [0.15, 0.2) is 24.3 Å². The van der Waals surface area contributed by atoms with E-state index in [0.717, 1.165) is 12.1 Å². The van der Waals surface area contributed by atoms with Crippen LogP contribution in [0, 0.1) is 0 Å². The molecule has 1 aliphatic heterocycles. The molecule has 3 nitrogen and oxygen atoms in total. The lowest BCUT2D eigenvalue weighted by Gasteiger charge is -2.23. The molecule has 1 N–H and O–H groups in total. The molecular weight excluding hydrogens is 247 g/mol. The SMILES string of the molecule is O=C1COC(Cc2cccc(C(F)(F)F)c2)CN1. The standard InChI is InChI=1S/C12H12F3NO2/c13-12(14,15)9-3-1-2-8(4-9)5-10-6-16-11(17)7-18-10/h1-4,10H,5-7H2,(H,16,17). The van der Waals surface area contributed by atoms with E-state index < -0.39 is 11.7 Å². The molecule has 2 rings (SSSR count). The Bertz CT molecular complexity index is 435. The molecule has 0 spiro atoms. The van der Waals surface area contributed by atoms with Crippen LogP contribution in [-0.4, -0.2) is 25.2 Å². The zero-order valence-electron chi connectivity index (χ0n) is 9.46. The van der Waals surface area contributed by atoms with Crippen molar-refractivity contribution in [2.75, 3.05) is 13.2 Å². The first-order valence-corrected chi connectivity index (χ1v) is 5.49. The molecule has 1 unspecified atom stereocenters. The topological polar surface area (TPSA) is 38.3 Å². The first kappa shape index (κ1) is 12.9. The molecule has 1 saturated heterocycles. The van der Waals surface area contributed by atoms with Gasteiger partial charge in [0, 0.05) is 13.0 Å². The van der Waals surface area contributed by atoms with Gasteiger partial charge in [-0.3, -0.25) is 4.79 Å². The summed E-state index contributed by atoms with van der Waals surface area (Å²) in [6.45, 7) is 0.290. The predicted molar refractivity (Wildman–Crippen MR) is 57.9 cm³/mol. The van der Waals surface area contributed by atoms with Crippen LogP contribution in [0.25, 0.3) is 0 Å². The summed E-state index contributed by atoms with van der Waals surface area (Å²) in [5, 5.41) is 2.61. The summed E-state index contributed by atoms with van der Waals surface area (Å²) in [5.74, 6) is -0.199. The predicted octanol–water partition coefficient (Wildman–Crippen LogP) is 1.76. The number of hydrogen-bond donors (Lipinski definition) is 1. The molecule has 1 aliphatic rings. The van der Waals surface area contributed by atoms with Crippen molar-refractivity contribution in [2.24, 2.45) is 0 Å². The van der Waals surface area contributed by atoms with Gasteiger partial charge in [0.2, 0.25) is 5.91 Å². The number of rotatable bonds is 2. The number of hydrogen-bond acceptors (Lipinski definition) is 2. The van der Waals surface area contributed by atoms with Crippen LogP contribution in [0.4, 0.5) is 13.2 Å². The summed E-state index contributed by atoms with van der Waals surface area (Å²) >= 11 is 0. The fraction of sp³-hybridized carbons (Fsp3) is 0.417. The van der Waals surface area contributed by atoms with Gasteiger partial charge in [0.1, 0.15) is 6.61 Å². The van der Waals surface area contributed by atoms with E-state index in [4.69, 9.17) is 4.74 Å². The molecule has 1 fully saturated rings. The third-order valence-electron chi connectivity index (χ3n) is 2.69. The normalized spacial score (nSPS) is 20.6. The van der Waals surface area contributed by atoms with Crippen molar-refractivity contribution in [3.63, 3.8) is 0 Å². The molecule has 0 saturated carbocycles. The van der Waals surface area contributed by atoms with Crippen LogP contribution in [0.3, 0.4) is 0 Å². The number of halogens is 3. The minimum absolute atomic E-state index is 0.0381. The largest absolute Gasteiger partial charge is 0.416 e. The van der Waals surface area contributed by atoms with Gasteiger partial charge in [0.15, 0.2) is 0 Å². The maximum Gasteiger partial charge on any atom is 0.416 e. The van der Waals surface area contributed by atoms with E-state index in [0.29, 0.717) is 18.5 Å². The van der Waals surface area contributed by atoms with E-state index in [-0.39, 0.29) is 18.6 Å². The van der Waals surface area contributed by atoms with Gasteiger partial charge in [0.05, 0.1) is 11.7 Å². The van der Waals surface area contributed by atoms with Gasteiger partial charge in [-0.2, -0.15) is 13.2 Å². The van der Waals surface area contributed by atoms with Crippen molar-refractivity contribution in [1.29, 1.82) is 0 Å². The number of morpholine rings is 1. The van der Waals surface area contributed by atoms with Crippen molar-refractivity contribution in [1.82, 2.24) is 5.32 Å². The quantitative estimate of drug-likeness (QED) is 0.879. The molecule has 98 valence electrons. The lowest BCUT2D eigenvalue weighted by Crippen LogP contribution is -2.43. The van der Waals surface area contributed by atoms with Crippen LogP contribution >= 0.6 is 0 Å². The van der Waals surface area contributed by atoms with Crippen LogP contribution in [0.1, 0.15) is 11.1 Å². The van der Waals surface area contributed by atoms with Gasteiger partial charge in [-0.05, 0) is 11.6 Å². The Morgan fingerprint density at radius 3 is 2.78 bits per heavy atom. The van der Waals surface area contributed by atoms with E-state index in [2.05, 4.69) is 5.32 Å². The number of alkyl halides is 3. The maximum absolute atomic E-state index is 12.5. The molecule has 6 heteroatoms. The third-order valence-corrected chi connectivity index (χ3v) is 2.69. The molecule has 1 amide bonds. The van der Waals surface area contributed by atoms with E-state index in [1.165, 1.54) is 6.07 Å². The molecule has 0 radical (unpaired) electrons. The van der Waals surface area contributed by atoms with Gasteiger partial charge in [-0.15, -0.1) is 0 Å². The van der Waals surface area contributed by atoms with E-state index in [1.54, 1.807) is 6.07 Å². The fourth-order valence-electron chi connectivity index (χ4n) is 1.80.